The van der Waals surface area contributed by atoms with Crippen molar-refractivity contribution in [2.24, 2.45) is 0 Å². The van der Waals surface area contributed by atoms with Gasteiger partial charge >= 0.3 is 5.97 Å². The lowest BCUT2D eigenvalue weighted by molar-refractivity contribution is -0.145. The predicted molar refractivity (Wildman–Crippen MR) is 95.7 cm³/mol. The van der Waals surface area contributed by atoms with Crippen LogP contribution in [0.4, 0.5) is 0 Å². The smallest absolute Gasteiger partial charge is 0.331 e. The third kappa shape index (κ3) is 5.36. The van der Waals surface area contributed by atoms with E-state index in [1.807, 2.05) is 36.4 Å². The zero-order chi connectivity index (χ0) is 18.1. The second-order valence-electron chi connectivity index (χ2n) is 5.24. The Hall–Kier alpha value is -2.79. The van der Waals surface area contributed by atoms with E-state index in [0.29, 0.717) is 11.5 Å². The molecule has 0 saturated heterocycles. The van der Waals surface area contributed by atoms with Gasteiger partial charge in [0.1, 0.15) is 0 Å². The summed E-state index contributed by atoms with van der Waals surface area (Å²) in [5.74, 6) is 0.732. The van der Waals surface area contributed by atoms with Gasteiger partial charge in [0.2, 0.25) is 0 Å². The third-order valence-corrected chi connectivity index (χ3v) is 3.57. The molecule has 2 aromatic rings. The first kappa shape index (κ1) is 18.5. The van der Waals surface area contributed by atoms with E-state index in [9.17, 15) is 4.79 Å². The summed E-state index contributed by atoms with van der Waals surface area (Å²) in [7, 11) is 4.68. The van der Waals surface area contributed by atoms with Crippen LogP contribution in [0.15, 0.2) is 54.6 Å². The van der Waals surface area contributed by atoms with E-state index < -0.39 is 12.1 Å². The molecule has 5 heteroatoms. The highest BCUT2D eigenvalue weighted by molar-refractivity contribution is 5.87. The average Bonchev–Trinajstić information content (AvgIpc) is 2.66. The predicted octanol–water partition coefficient (Wildman–Crippen LogP) is 3.65. The highest BCUT2D eigenvalue weighted by atomic mass is 16.6. The van der Waals surface area contributed by atoms with Gasteiger partial charge in [0.25, 0.3) is 0 Å². The summed E-state index contributed by atoms with van der Waals surface area (Å²) < 4.78 is 21.2. The number of carbonyl (C=O) groups excluding carboxylic acids is 1. The number of ether oxygens (including phenoxy) is 4. The summed E-state index contributed by atoms with van der Waals surface area (Å²) in [6, 6.07) is 14.9. The van der Waals surface area contributed by atoms with Crippen LogP contribution < -0.4 is 9.47 Å². The molecule has 0 aliphatic rings. The Balaban J connectivity index is 2.12. The quantitative estimate of drug-likeness (QED) is 0.541. The molecule has 0 spiro atoms. The number of esters is 1. The monoisotopic (exact) mass is 342 g/mol. The van der Waals surface area contributed by atoms with Crippen molar-refractivity contribution in [3.8, 4) is 11.5 Å². The molecule has 1 atom stereocenters. The van der Waals surface area contributed by atoms with Crippen molar-refractivity contribution in [2.45, 2.75) is 6.10 Å². The van der Waals surface area contributed by atoms with Gasteiger partial charge in [0.15, 0.2) is 17.6 Å². The molecule has 0 saturated carbocycles. The van der Waals surface area contributed by atoms with E-state index in [1.165, 1.54) is 6.08 Å². The number of methoxy groups -OCH3 is 3. The fraction of sp³-hybridized carbons (Fsp3) is 0.250. The minimum atomic E-state index is -0.544. The lowest BCUT2D eigenvalue weighted by Crippen LogP contribution is -2.14. The lowest BCUT2D eigenvalue weighted by Gasteiger charge is -2.18. The van der Waals surface area contributed by atoms with Crippen molar-refractivity contribution in [3.63, 3.8) is 0 Å². The average molecular weight is 342 g/mol. The van der Waals surface area contributed by atoms with Gasteiger partial charge in [0, 0.05) is 13.2 Å². The lowest BCUT2D eigenvalue weighted by atomic mass is 10.1. The molecule has 0 amide bonds. The first-order valence-corrected chi connectivity index (χ1v) is 7.82. The van der Waals surface area contributed by atoms with Crippen molar-refractivity contribution < 1.29 is 23.7 Å². The van der Waals surface area contributed by atoms with Gasteiger partial charge in [-0.05, 0) is 29.3 Å². The first-order chi connectivity index (χ1) is 12.2. The topological polar surface area (TPSA) is 54.0 Å². The van der Waals surface area contributed by atoms with Gasteiger partial charge in [-0.2, -0.15) is 0 Å². The van der Waals surface area contributed by atoms with Crippen LogP contribution >= 0.6 is 0 Å². The Morgan fingerprint density at radius 2 is 1.72 bits per heavy atom. The van der Waals surface area contributed by atoms with Crippen LogP contribution in [0.25, 0.3) is 6.08 Å². The molecule has 0 heterocycles. The minimum Gasteiger partial charge on any atom is -0.493 e. The number of hydrogen-bond donors (Lipinski definition) is 0. The summed E-state index contributed by atoms with van der Waals surface area (Å²) in [5, 5.41) is 0. The van der Waals surface area contributed by atoms with E-state index >= 15 is 0 Å². The summed E-state index contributed by atoms with van der Waals surface area (Å²) in [6.45, 7) is 0.237. The summed E-state index contributed by atoms with van der Waals surface area (Å²) in [6.07, 6.45) is 2.57. The molecular weight excluding hydrogens is 320 g/mol. The molecule has 25 heavy (non-hydrogen) atoms. The van der Waals surface area contributed by atoms with E-state index in [4.69, 9.17) is 18.9 Å². The third-order valence-electron chi connectivity index (χ3n) is 3.57. The maximum Gasteiger partial charge on any atom is 0.331 e. The number of benzene rings is 2. The number of hydrogen-bond acceptors (Lipinski definition) is 5. The molecule has 0 radical (unpaired) electrons. The molecule has 0 aliphatic carbocycles. The molecule has 0 unspecified atom stereocenters. The zero-order valence-corrected chi connectivity index (χ0v) is 14.6. The number of carbonyl (C=O) groups is 1. The molecule has 0 aromatic heterocycles. The van der Waals surface area contributed by atoms with Crippen LogP contribution in [0.1, 0.15) is 17.2 Å². The number of rotatable bonds is 8. The van der Waals surface area contributed by atoms with Gasteiger partial charge in [0.05, 0.1) is 20.8 Å². The van der Waals surface area contributed by atoms with Crippen LogP contribution in [-0.2, 0) is 14.3 Å². The van der Waals surface area contributed by atoms with E-state index in [2.05, 4.69) is 0 Å². The SMILES string of the molecule is COC[C@H](OC(=O)/C=C/c1ccccc1)c1ccc(OC)c(OC)c1. The van der Waals surface area contributed by atoms with Crippen molar-refractivity contribution in [3.05, 3.63) is 65.7 Å². The first-order valence-electron chi connectivity index (χ1n) is 7.82. The van der Waals surface area contributed by atoms with Gasteiger partial charge < -0.3 is 18.9 Å². The van der Waals surface area contributed by atoms with Crippen molar-refractivity contribution in [1.29, 1.82) is 0 Å². The largest absolute Gasteiger partial charge is 0.493 e. The second kappa shape index (κ2) is 9.49. The van der Waals surface area contributed by atoms with Gasteiger partial charge in [-0.15, -0.1) is 0 Å². The van der Waals surface area contributed by atoms with Crippen LogP contribution in [0.2, 0.25) is 0 Å². The maximum absolute atomic E-state index is 12.1. The normalized spacial score (nSPS) is 12.0. The molecule has 2 rings (SSSR count). The van der Waals surface area contributed by atoms with Gasteiger partial charge in [-0.1, -0.05) is 36.4 Å². The standard InChI is InChI=1S/C20H22O5/c1-22-14-19(16-10-11-17(23-2)18(13-16)24-3)25-20(21)12-9-15-7-5-4-6-8-15/h4-13,19H,14H2,1-3H3/b12-9+/t19-/m0/s1. The molecular formula is C20H22O5. The van der Waals surface area contributed by atoms with Crippen molar-refractivity contribution in [1.82, 2.24) is 0 Å². The molecule has 0 N–H and O–H groups in total. The summed E-state index contributed by atoms with van der Waals surface area (Å²) in [5.41, 5.74) is 1.69. The van der Waals surface area contributed by atoms with Crippen LogP contribution in [0, 0.1) is 0 Å². The molecule has 0 fully saturated rings. The fourth-order valence-electron chi connectivity index (χ4n) is 2.31. The highest BCUT2D eigenvalue weighted by Gasteiger charge is 2.18. The van der Waals surface area contributed by atoms with Gasteiger partial charge in [-0.3, -0.25) is 0 Å². The molecule has 5 nitrogen and oxygen atoms in total. The highest BCUT2D eigenvalue weighted by Crippen LogP contribution is 2.31. The molecule has 2 aromatic carbocycles. The van der Waals surface area contributed by atoms with Gasteiger partial charge in [-0.25, -0.2) is 4.79 Å². The molecule has 0 aliphatic heterocycles. The van der Waals surface area contributed by atoms with Crippen molar-refractivity contribution in [2.75, 3.05) is 27.9 Å². The Morgan fingerprint density at radius 3 is 2.36 bits per heavy atom. The Kier molecular flexibility index (Phi) is 7.04. The van der Waals surface area contributed by atoms with Crippen LogP contribution in [-0.4, -0.2) is 33.9 Å². The van der Waals surface area contributed by atoms with E-state index in [1.54, 1.807) is 39.5 Å². The van der Waals surface area contributed by atoms with E-state index in [-0.39, 0.29) is 6.61 Å². The fourth-order valence-corrected chi connectivity index (χ4v) is 2.31. The van der Waals surface area contributed by atoms with E-state index in [0.717, 1.165) is 11.1 Å². The maximum atomic E-state index is 12.1. The Labute approximate surface area is 147 Å². The minimum absolute atomic E-state index is 0.237. The van der Waals surface area contributed by atoms with Crippen LogP contribution in [0.3, 0.4) is 0 Å². The zero-order valence-electron chi connectivity index (χ0n) is 14.6. The summed E-state index contributed by atoms with van der Waals surface area (Å²) >= 11 is 0. The summed E-state index contributed by atoms with van der Waals surface area (Å²) in [4.78, 5) is 12.1. The second-order valence-corrected chi connectivity index (χ2v) is 5.24. The Bertz CT molecular complexity index is 709. The Morgan fingerprint density at radius 1 is 1.00 bits per heavy atom. The van der Waals surface area contributed by atoms with Crippen LogP contribution in [0.5, 0.6) is 11.5 Å². The molecule has 132 valence electrons. The molecule has 0 bridgehead atoms. The van der Waals surface area contributed by atoms with Crippen molar-refractivity contribution >= 4 is 12.0 Å².